The molecule has 7 heteroatoms. The van der Waals surface area contributed by atoms with Crippen LogP contribution in [0, 0.1) is 13.8 Å². The molecule has 1 fully saturated rings. The number of nitrogens with two attached hydrogens (primary N) is 1. The Morgan fingerprint density at radius 2 is 1.77 bits per heavy atom. The fraction of sp³-hybridized carbons (Fsp3) is 0.333. The van der Waals surface area contributed by atoms with Crippen molar-refractivity contribution < 1.29 is 9.53 Å². The van der Waals surface area contributed by atoms with Crippen molar-refractivity contribution in [3.63, 3.8) is 0 Å². The number of anilines is 1. The number of benzene rings is 2. The fourth-order valence-electron chi connectivity index (χ4n) is 3.91. The number of morpholine rings is 1. The number of amides is 1. The van der Waals surface area contributed by atoms with E-state index in [1.807, 2.05) is 25.1 Å². The second-order valence-corrected chi connectivity index (χ2v) is 7.95. The van der Waals surface area contributed by atoms with Crippen LogP contribution >= 0.6 is 0 Å². The number of carbonyl (C=O) groups is 1. The Bertz CT molecular complexity index is 1020. The zero-order valence-corrected chi connectivity index (χ0v) is 18.0. The van der Waals surface area contributed by atoms with Gasteiger partial charge in [-0.3, -0.25) is 9.69 Å². The zero-order chi connectivity index (χ0) is 21.8. The second-order valence-electron chi connectivity index (χ2n) is 7.95. The highest BCUT2D eigenvalue weighted by Crippen LogP contribution is 2.22. The molecule has 3 N–H and O–H groups in total. The van der Waals surface area contributed by atoms with Gasteiger partial charge in [-0.1, -0.05) is 29.8 Å². The number of nitrogen functional groups attached to an aromatic ring is 1. The van der Waals surface area contributed by atoms with Gasteiger partial charge in [-0.25, -0.2) is 4.68 Å². The molecular weight excluding hydrogens is 390 g/mol. The molecule has 3 aromatic rings. The summed E-state index contributed by atoms with van der Waals surface area (Å²) < 4.78 is 7.18. The average Bonchev–Trinajstić information content (AvgIpc) is 3.13. The van der Waals surface area contributed by atoms with Crippen LogP contribution in [0.25, 0.3) is 5.69 Å². The van der Waals surface area contributed by atoms with E-state index in [-0.39, 0.29) is 11.9 Å². The molecule has 0 aliphatic carbocycles. The SMILES string of the molecule is Cc1ccc([C@@H](CNC(=O)c2ccc(-n3nc(C)cc3N)cc2)N2CCOCC2)cc1. The number of hydrogen-bond donors (Lipinski definition) is 2. The Labute approximate surface area is 182 Å². The van der Waals surface area contributed by atoms with Gasteiger partial charge in [0.1, 0.15) is 5.82 Å². The van der Waals surface area contributed by atoms with Gasteiger partial charge in [0.05, 0.1) is 30.6 Å². The molecule has 7 nitrogen and oxygen atoms in total. The third kappa shape index (κ3) is 4.95. The van der Waals surface area contributed by atoms with Crippen molar-refractivity contribution in [3.05, 3.63) is 77.0 Å². The quantitative estimate of drug-likeness (QED) is 0.642. The van der Waals surface area contributed by atoms with E-state index < -0.39 is 0 Å². The van der Waals surface area contributed by atoms with Gasteiger partial charge < -0.3 is 15.8 Å². The van der Waals surface area contributed by atoms with Crippen LogP contribution in [0.4, 0.5) is 5.82 Å². The standard InChI is InChI=1S/C24H29N5O2/c1-17-3-5-19(6-4-17)22(28-11-13-31-14-12-28)16-26-24(30)20-7-9-21(10-8-20)29-23(25)15-18(2)27-29/h3-10,15,22H,11-14,16,25H2,1-2H3,(H,26,30)/t22-/m1/s1. The molecule has 2 aromatic carbocycles. The smallest absolute Gasteiger partial charge is 0.251 e. The van der Waals surface area contributed by atoms with Crippen LogP contribution < -0.4 is 11.1 Å². The van der Waals surface area contributed by atoms with Crippen molar-refractivity contribution in [2.24, 2.45) is 0 Å². The molecule has 1 amide bonds. The molecule has 31 heavy (non-hydrogen) atoms. The highest BCUT2D eigenvalue weighted by Gasteiger charge is 2.23. The normalized spacial score (nSPS) is 15.5. The van der Waals surface area contributed by atoms with Crippen molar-refractivity contribution in [3.8, 4) is 5.69 Å². The highest BCUT2D eigenvalue weighted by atomic mass is 16.5. The summed E-state index contributed by atoms with van der Waals surface area (Å²) in [5, 5.41) is 7.50. The zero-order valence-electron chi connectivity index (χ0n) is 18.0. The molecule has 0 bridgehead atoms. The number of aromatic nitrogens is 2. The van der Waals surface area contributed by atoms with Gasteiger partial charge in [-0.2, -0.15) is 5.10 Å². The van der Waals surface area contributed by atoms with Gasteiger partial charge >= 0.3 is 0 Å². The minimum Gasteiger partial charge on any atom is -0.384 e. The largest absolute Gasteiger partial charge is 0.384 e. The van der Waals surface area contributed by atoms with Crippen LogP contribution in [0.1, 0.15) is 33.2 Å². The molecule has 162 valence electrons. The molecule has 0 spiro atoms. The Morgan fingerprint density at radius 3 is 2.39 bits per heavy atom. The molecule has 0 radical (unpaired) electrons. The topological polar surface area (TPSA) is 85.4 Å². The van der Waals surface area contributed by atoms with Crippen LogP contribution in [-0.2, 0) is 4.74 Å². The van der Waals surface area contributed by atoms with Crippen LogP contribution in [0.15, 0.2) is 54.6 Å². The van der Waals surface area contributed by atoms with Crippen molar-refractivity contribution in [2.45, 2.75) is 19.9 Å². The van der Waals surface area contributed by atoms with E-state index in [1.165, 1.54) is 11.1 Å². The minimum absolute atomic E-state index is 0.0958. The van der Waals surface area contributed by atoms with Gasteiger partial charge in [-0.05, 0) is 43.7 Å². The predicted molar refractivity (Wildman–Crippen MR) is 121 cm³/mol. The van der Waals surface area contributed by atoms with E-state index >= 15 is 0 Å². The Morgan fingerprint density at radius 1 is 1.10 bits per heavy atom. The van der Waals surface area contributed by atoms with Crippen LogP contribution in [0.2, 0.25) is 0 Å². The van der Waals surface area contributed by atoms with E-state index in [9.17, 15) is 4.79 Å². The first kappa shape index (κ1) is 21.1. The third-order valence-electron chi connectivity index (χ3n) is 5.64. The summed E-state index contributed by atoms with van der Waals surface area (Å²) >= 11 is 0. The summed E-state index contributed by atoms with van der Waals surface area (Å²) in [5.74, 6) is 0.475. The lowest BCUT2D eigenvalue weighted by atomic mass is 10.0. The number of ether oxygens (including phenoxy) is 1. The molecular formula is C24H29N5O2. The fourth-order valence-corrected chi connectivity index (χ4v) is 3.91. The first-order chi connectivity index (χ1) is 15.0. The minimum atomic E-state index is -0.0958. The summed E-state index contributed by atoms with van der Waals surface area (Å²) in [6.45, 7) is 7.66. The van der Waals surface area contributed by atoms with E-state index in [0.29, 0.717) is 31.1 Å². The third-order valence-corrected chi connectivity index (χ3v) is 5.64. The molecule has 1 saturated heterocycles. The lowest BCUT2D eigenvalue weighted by Gasteiger charge is -2.35. The monoisotopic (exact) mass is 419 g/mol. The summed E-state index contributed by atoms with van der Waals surface area (Å²) in [6.07, 6.45) is 0. The van der Waals surface area contributed by atoms with Crippen LogP contribution in [-0.4, -0.2) is 53.4 Å². The van der Waals surface area contributed by atoms with Crippen molar-refractivity contribution in [2.75, 3.05) is 38.6 Å². The number of hydrogen-bond acceptors (Lipinski definition) is 5. The van der Waals surface area contributed by atoms with Crippen molar-refractivity contribution >= 4 is 11.7 Å². The van der Waals surface area contributed by atoms with Gasteiger partial charge in [-0.15, -0.1) is 0 Å². The van der Waals surface area contributed by atoms with Gasteiger partial charge in [0.2, 0.25) is 0 Å². The maximum atomic E-state index is 12.8. The van der Waals surface area contributed by atoms with E-state index in [0.717, 1.165) is 24.5 Å². The number of aryl methyl sites for hydroxylation is 2. The highest BCUT2D eigenvalue weighted by molar-refractivity contribution is 5.94. The Hall–Kier alpha value is -3.16. The number of carbonyl (C=O) groups excluding carboxylic acids is 1. The summed E-state index contributed by atoms with van der Waals surface area (Å²) in [4.78, 5) is 15.2. The van der Waals surface area contributed by atoms with E-state index in [4.69, 9.17) is 10.5 Å². The maximum Gasteiger partial charge on any atom is 0.251 e. The van der Waals surface area contributed by atoms with Gasteiger partial charge in [0.15, 0.2) is 0 Å². The van der Waals surface area contributed by atoms with E-state index in [1.54, 1.807) is 16.8 Å². The predicted octanol–water partition coefficient (Wildman–Crippen LogP) is 2.87. The number of nitrogens with one attached hydrogen (secondary N) is 1. The first-order valence-corrected chi connectivity index (χ1v) is 10.6. The van der Waals surface area contributed by atoms with Gasteiger partial charge in [0.25, 0.3) is 5.91 Å². The Balaban J connectivity index is 1.45. The lowest BCUT2D eigenvalue weighted by Crippen LogP contribution is -2.43. The number of rotatable bonds is 6. The van der Waals surface area contributed by atoms with Crippen LogP contribution in [0.3, 0.4) is 0 Å². The molecule has 1 atom stereocenters. The first-order valence-electron chi connectivity index (χ1n) is 10.6. The average molecular weight is 420 g/mol. The summed E-state index contributed by atoms with van der Waals surface area (Å²) in [6, 6.07) is 17.8. The van der Waals surface area contributed by atoms with Gasteiger partial charge in [0, 0.05) is 31.3 Å². The lowest BCUT2D eigenvalue weighted by molar-refractivity contribution is 0.0162. The molecule has 1 aliphatic rings. The molecule has 2 heterocycles. The van der Waals surface area contributed by atoms with E-state index in [2.05, 4.69) is 46.5 Å². The number of nitrogens with zero attached hydrogens (tertiary/aromatic N) is 3. The molecule has 4 rings (SSSR count). The van der Waals surface area contributed by atoms with Crippen molar-refractivity contribution in [1.82, 2.24) is 20.0 Å². The van der Waals surface area contributed by atoms with Crippen molar-refractivity contribution in [1.29, 1.82) is 0 Å². The second kappa shape index (κ2) is 9.32. The molecule has 1 aromatic heterocycles. The Kier molecular flexibility index (Phi) is 6.34. The molecule has 0 unspecified atom stereocenters. The summed E-state index contributed by atoms with van der Waals surface area (Å²) in [5.41, 5.74) is 10.7. The maximum absolute atomic E-state index is 12.8. The molecule has 0 saturated carbocycles. The molecule has 1 aliphatic heterocycles. The van der Waals surface area contributed by atoms with Crippen LogP contribution in [0.5, 0.6) is 0 Å². The summed E-state index contributed by atoms with van der Waals surface area (Å²) in [7, 11) is 0.